The van der Waals surface area contributed by atoms with Gasteiger partial charge in [0.05, 0.1) is 22.9 Å². The van der Waals surface area contributed by atoms with Crippen LogP contribution in [0.2, 0.25) is 0 Å². The third-order valence-corrected chi connectivity index (χ3v) is 7.46. The van der Waals surface area contributed by atoms with Gasteiger partial charge in [0.25, 0.3) is 0 Å². The predicted molar refractivity (Wildman–Crippen MR) is 159 cm³/mol. The number of furan rings is 1. The van der Waals surface area contributed by atoms with E-state index >= 15 is 0 Å². The lowest BCUT2D eigenvalue weighted by atomic mass is 10.1. The molecule has 0 spiro atoms. The van der Waals surface area contributed by atoms with E-state index in [1.807, 2.05) is 90.9 Å². The molecule has 1 atom stereocenters. The number of anilines is 1. The third kappa shape index (κ3) is 4.45. The van der Waals surface area contributed by atoms with Crippen molar-refractivity contribution in [2.75, 3.05) is 4.90 Å². The Hall–Kier alpha value is -5.50. The molecular weight excluding hydrogens is 512 g/mol. The SMILES string of the molecule is Cn1c(-c2ccc(-n3cnc4ccccc43)cc2)cnc1C(Cc1ccccn1)N(C=O)c1cc2ccccc2o1. The minimum absolute atomic E-state index is 0.446. The van der Waals surface area contributed by atoms with Crippen molar-refractivity contribution in [2.24, 2.45) is 7.05 Å². The van der Waals surface area contributed by atoms with E-state index in [1.165, 1.54) is 0 Å². The molecule has 0 bridgehead atoms. The van der Waals surface area contributed by atoms with Crippen LogP contribution >= 0.6 is 0 Å². The maximum Gasteiger partial charge on any atom is 0.217 e. The fourth-order valence-electron chi connectivity index (χ4n) is 5.36. The van der Waals surface area contributed by atoms with E-state index in [1.54, 1.807) is 11.1 Å². The van der Waals surface area contributed by atoms with Gasteiger partial charge in [-0.2, -0.15) is 0 Å². The van der Waals surface area contributed by atoms with Gasteiger partial charge in [-0.05, 0) is 48.0 Å². The highest BCUT2D eigenvalue weighted by Crippen LogP contribution is 2.34. The normalized spacial score (nSPS) is 12.1. The first-order valence-electron chi connectivity index (χ1n) is 13.4. The monoisotopic (exact) mass is 538 g/mol. The minimum Gasteiger partial charge on any atom is -0.440 e. The molecule has 3 aromatic carbocycles. The maximum atomic E-state index is 12.6. The largest absolute Gasteiger partial charge is 0.440 e. The van der Waals surface area contributed by atoms with E-state index in [4.69, 9.17) is 9.40 Å². The number of pyridine rings is 1. The number of nitrogens with zero attached hydrogens (tertiary/aromatic N) is 6. The van der Waals surface area contributed by atoms with Crippen LogP contribution in [0.5, 0.6) is 0 Å². The summed E-state index contributed by atoms with van der Waals surface area (Å²) in [6.45, 7) is 0. The standard InChI is InChI=1S/C33H26N6O2/c1-37-30(23-13-15-26(16-14-23)38-21-36-27-10-3-4-11-28(27)38)20-35-33(37)29(19-25-9-6-7-17-34-25)39(22-40)32-18-24-8-2-5-12-31(24)41-32/h2-18,20-22,29H,19H2,1H3. The van der Waals surface area contributed by atoms with Gasteiger partial charge in [0.15, 0.2) is 0 Å². The van der Waals surface area contributed by atoms with Crippen LogP contribution < -0.4 is 4.90 Å². The number of imidazole rings is 2. The Balaban J connectivity index is 1.26. The molecule has 0 aliphatic heterocycles. The molecule has 1 amide bonds. The highest BCUT2D eigenvalue weighted by molar-refractivity contribution is 5.85. The van der Waals surface area contributed by atoms with Crippen molar-refractivity contribution >= 4 is 34.3 Å². The summed E-state index contributed by atoms with van der Waals surface area (Å²) in [5.74, 6) is 1.19. The molecule has 1 unspecified atom stereocenters. The number of aromatic nitrogens is 5. The summed E-state index contributed by atoms with van der Waals surface area (Å²) in [7, 11) is 1.97. The molecule has 0 N–H and O–H groups in total. The molecule has 7 aromatic rings. The molecule has 41 heavy (non-hydrogen) atoms. The van der Waals surface area contributed by atoms with Crippen LogP contribution in [0.1, 0.15) is 17.6 Å². The topological polar surface area (TPSA) is 82.0 Å². The number of benzene rings is 3. The second-order valence-electron chi connectivity index (χ2n) is 9.89. The van der Waals surface area contributed by atoms with Crippen molar-refractivity contribution in [2.45, 2.75) is 12.5 Å². The first kappa shape index (κ1) is 24.5. The quantitative estimate of drug-likeness (QED) is 0.206. The zero-order chi connectivity index (χ0) is 27.8. The van der Waals surface area contributed by atoms with E-state index in [0.717, 1.165) is 56.9 Å². The van der Waals surface area contributed by atoms with Crippen LogP contribution in [0.3, 0.4) is 0 Å². The molecule has 0 fully saturated rings. The van der Waals surface area contributed by atoms with Crippen LogP contribution in [0.4, 0.5) is 5.88 Å². The van der Waals surface area contributed by atoms with Crippen molar-refractivity contribution in [3.63, 3.8) is 0 Å². The van der Waals surface area contributed by atoms with Crippen LogP contribution in [-0.4, -0.2) is 30.5 Å². The maximum absolute atomic E-state index is 12.6. The van der Waals surface area contributed by atoms with E-state index in [9.17, 15) is 4.79 Å². The van der Waals surface area contributed by atoms with Gasteiger partial charge < -0.3 is 8.98 Å². The van der Waals surface area contributed by atoms with Gasteiger partial charge in [-0.3, -0.25) is 19.2 Å². The number of hydrogen-bond acceptors (Lipinski definition) is 5. The Bertz CT molecular complexity index is 1940. The second-order valence-corrected chi connectivity index (χ2v) is 9.89. The van der Waals surface area contributed by atoms with Crippen molar-refractivity contribution in [3.05, 3.63) is 127 Å². The van der Waals surface area contributed by atoms with Crippen LogP contribution in [0, 0.1) is 0 Å². The molecule has 4 aromatic heterocycles. The van der Waals surface area contributed by atoms with Crippen molar-refractivity contribution in [1.29, 1.82) is 0 Å². The van der Waals surface area contributed by atoms with Gasteiger partial charge in [-0.15, -0.1) is 0 Å². The molecular formula is C33H26N6O2. The molecule has 4 heterocycles. The lowest BCUT2D eigenvalue weighted by molar-refractivity contribution is -0.108. The minimum atomic E-state index is -0.446. The van der Waals surface area contributed by atoms with Crippen LogP contribution in [0.15, 0.2) is 120 Å². The summed E-state index contributed by atoms with van der Waals surface area (Å²) in [4.78, 5) is 28.1. The first-order chi connectivity index (χ1) is 20.2. The van der Waals surface area contributed by atoms with Gasteiger partial charge in [-0.1, -0.05) is 48.5 Å². The molecule has 0 aliphatic rings. The van der Waals surface area contributed by atoms with Crippen molar-refractivity contribution < 1.29 is 9.21 Å². The predicted octanol–water partition coefficient (Wildman–Crippen LogP) is 6.51. The lowest BCUT2D eigenvalue weighted by Crippen LogP contribution is -2.31. The summed E-state index contributed by atoms with van der Waals surface area (Å²) in [6, 6.07) is 31.3. The Labute approximate surface area is 236 Å². The van der Waals surface area contributed by atoms with Gasteiger partial charge in [-0.25, -0.2) is 9.97 Å². The van der Waals surface area contributed by atoms with E-state index in [0.29, 0.717) is 12.3 Å². The average molecular weight is 539 g/mol. The van der Waals surface area contributed by atoms with Gasteiger partial charge >= 0.3 is 0 Å². The van der Waals surface area contributed by atoms with E-state index in [-0.39, 0.29) is 0 Å². The molecule has 0 saturated heterocycles. The smallest absolute Gasteiger partial charge is 0.217 e. The summed E-state index contributed by atoms with van der Waals surface area (Å²) < 4.78 is 10.2. The number of fused-ring (bicyclic) bond motifs is 2. The molecule has 8 nitrogen and oxygen atoms in total. The summed E-state index contributed by atoms with van der Waals surface area (Å²) >= 11 is 0. The zero-order valence-corrected chi connectivity index (χ0v) is 22.3. The Morgan fingerprint density at radius 1 is 0.902 bits per heavy atom. The highest BCUT2D eigenvalue weighted by Gasteiger charge is 2.29. The average Bonchev–Trinajstić information content (AvgIpc) is 3.74. The number of carbonyl (C=O) groups is 1. The molecule has 0 saturated carbocycles. The molecule has 7 rings (SSSR count). The summed E-state index contributed by atoms with van der Waals surface area (Å²) in [5.41, 5.74) is 6.55. The Kier molecular flexibility index (Phi) is 6.13. The van der Waals surface area contributed by atoms with Gasteiger partial charge in [0.1, 0.15) is 23.8 Å². The Morgan fingerprint density at radius 2 is 1.71 bits per heavy atom. The number of hydrogen-bond donors (Lipinski definition) is 0. The summed E-state index contributed by atoms with van der Waals surface area (Å²) in [6.07, 6.45) is 6.73. The van der Waals surface area contributed by atoms with E-state index in [2.05, 4.69) is 44.9 Å². The second kappa shape index (κ2) is 10.2. The van der Waals surface area contributed by atoms with Crippen LogP contribution in [0.25, 0.3) is 38.9 Å². The highest BCUT2D eigenvalue weighted by atomic mass is 16.4. The molecule has 0 radical (unpaired) electrons. The zero-order valence-electron chi connectivity index (χ0n) is 22.3. The number of carbonyl (C=O) groups excluding carboxylic acids is 1. The van der Waals surface area contributed by atoms with Gasteiger partial charge in [0, 0.05) is 42.5 Å². The fourth-order valence-corrected chi connectivity index (χ4v) is 5.36. The molecule has 0 aliphatic carbocycles. The third-order valence-electron chi connectivity index (χ3n) is 7.46. The number of amides is 1. The molecule has 200 valence electrons. The lowest BCUT2D eigenvalue weighted by Gasteiger charge is -2.26. The van der Waals surface area contributed by atoms with E-state index < -0.39 is 6.04 Å². The number of rotatable bonds is 8. The Morgan fingerprint density at radius 3 is 2.51 bits per heavy atom. The van der Waals surface area contributed by atoms with Crippen molar-refractivity contribution in [3.8, 4) is 16.9 Å². The molecule has 8 heteroatoms. The van der Waals surface area contributed by atoms with Gasteiger partial charge in [0.2, 0.25) is 12.3 Å². The fraction of sp³-hybridized carbons (Fsp3) is 0.0909. The van der Waals surface area contributed by atoms with Crippen molar-refractivity contribution in [1.82, 2.24) is 24.1 Å². The first-order valence-corrected chi connectivity index (χ1v) is 13.4. The van der Waals surface area contributed by atoms with Crippen LogP contribution in [-0.2, 0) is 18.3 Å². The summed E-state index contributed by atoms with van der Waals surface area (Å²) in [5, 5.41) is 0.928. The number of para-hydroxylation sites is 3.